The molecule has 0 fully saturated rings. The van der Waals surface area contributed by atoms with Crippen LogP contribution in [0.25, 0.3) is 0 Å². The molecule has 0 aliphatic rings. The second kappa shape index (κ2) is 6.09. The zero-order valence-electron chi connectivity index (χ0n) is 12.4. The summed E-state index contributed by atoms with van der Waals surface area (Å²) < 4.78 is 14.2. The number of nitrogens with zero attached hydrogens (tertiary/aromatic N) is 2. The van der Waals surface area contributed by atoms with E-state index in [0.29, 0.717) is 5.56 Å². The minimum Gasteiger partial charge on any atom is -0.309 e. The molecule has 0 amide bonds. The largest absolute Gasteiger partial charge is 0.309 e. The van der Waals surface area contributed by atoms with Crippen LogP contribution in [0.15, 0.2) is 24.3 Å². The lowest BCUT2D eigenvalue weighted by molar-refractivity contribution is 0.571. The van der Waals surface area contributed by atoms with Crippen LogP contribution in [0.2, 0.25) is 0 Å². The molecular weight excluding hydrogens is 253 g/mol. The molecule has 1 atom stereocenters. The molecule has 1 unspecified atom stereocenters. The fourth-order valence-corrected chi connectivity index (χ4v) is 2.42. The van der Waals surface area contributed by atoms with Crippen molar-refractivity contribution in [1.29, 1.82) is 0 Å². The minimum atomic E-state index is -0.209. The maximum absolute atomic E-state index is 14.2. The molecule has 0 spiro atoms. The third-order valence-electron chi connectivity index (χ3n) is 3.42. The normalized spacial score (nSPS) is 12.4. The van der Waals surface area contributed by atoms with Gasteiger partial charge in [-0.1, -0.05) is 24.6 Å². The van der Waals surface area contributed by atoms with Gasteiger partial charge in [0.05, 0.1) is 17.4 Å². The molecule has 106 valence electrons. The molecule has 20 heavy (non-hydrogen) atoms. The summed E-state index contributed by atoms with van der Waals surface area (Å²) in [6.45, 7) is 5.89. The van der Waals surface area contributed by atoms with Gasteiger partial charge in [-0.2, -0.15) is 10.2 Å². The van der Waals surface area contributed by atoms with Gasteiger partial charge in [0.2, 0.25) is 0 Å². The van der Waals surface area contributed by atoms with Crippen LogP contribution in [0.1, 0.15) is 41.0 Å². The van der Waals surface area contributed by atoms with E-state index < -0.39 is 0 Å². The summed E-state index contributed by atoms with van der Waals surface area (Å²) in [6.07, 6.45) is 0.772. The molecular formula is C16H20FN3. The molecule has 1 aromatic carbocycles. The lowest BCUT2D eigenvalue weighted by Gasteiger charge is -2.20. The van der Waals surface area contributed by atoms with Crippen molar-refractivity contribution >= 4 is 0 Å². The Morgan fingerprint density at radius 2 is 1.90 bits per heavy atom. The number of hydrogen-bond donors (Lipinski definition) is 1. The van der Waals surface area contributed by atoms with Gasteiger partial charge in [0.1, 0.15) is 5.82 Å². The van der Waals surface area contributed by atoms with Crippen LogP contribution in [-0.2, 0) is 6.42 Å². The molecule has 2 rings (SSSR count). The van der Waals surface area contributed by atoms with Crippen LogP contribution in [0.4, 0.5) is 4.39 Å². The fourth-order valence-electron chi connectivity index (χ4n) is 2.42. The first kappa shape index (κ1) is 14.6. The molecule has 1 heterocycles. The first-order valence-corrected chi connectivity index (χ1v) is 6.83. The summed E-state index contributed by atoms with van der Waals surface area (Å²) in [5, 5.41) is 11.5. The third kappa shape index (κ3) is 2.85. The topological polar surface area (TPSA) is 37.8 Å². The maximum Gasteiger partial charge on any atom is 0.128 e. The number of hydrogen-bond acceptors (Lipinski definition) is 3. The van der Waals surface area contributed by atoms with E-state index in [4.69, 9.17) is 0 Å². The summed E-state index contributed by atoms with van der Waals surface area (Å²) in [4.78, 5) is 0. The molecule has 4 heteroatoms. The van der Waals surface area contributed by atoms with Gasteiger partial charge in [-0.15, -0.1) is 0 Å². The van der Waals surface area contributed by atoms with Gasteiger partial charge in [-0.05, 0) is 45.0 Å². The highest BCUT2D eigenvalue weighted by Gasteiger charge is 2.20. The Balaban J connectivity index is 2.57. The average molecular weight is 273 g/mol. The van der Waals surface area contributed by atoms with Crippen molar-refractivity contribution in [3.05, 3.63) is 58.2 Å². The molecule has 0 radical (unpaired) electrons. The average Bonchev–Trinajstić information content (AvgIpc) is 2.44. The highest BCUT2D eigenvalue weighted by Crippen LogP contribution is 2.27. The zero-order chi connectivity index (χ0) is 14.7. The van der Waals surface area contributed by atoms with E-state index in [1.807, 2.05) is 40.0 Å². The number of benzene rings is 1. The number of aryl methyl sites for hydroxylation is 3. The standard InChI is InChI=1S/C16H20FN3/c1-5-15-13(9-11(3)19-20-15)16(18-4)12-8-10(2)6-7-14(12)17/h6-9,16,18H,5H2,1-4H3. The molecule has 3 nitrogen and oxygen atoms in total. The van der Waals surface area contributed by atoms with Crippen molar-refractivity contribution in [3.8, 4) is 0 Å². The van der Waals surface area contributed by atoms with Crippen molar-refractivity contribution in [2.24, 2.45) is 0 Å². The summed E-state index contributed by atoms with van der Waals surface area (Å²) in [7, 11) is 1.83. The maximum atomic E-state index is 14.2. The Labute approximate surface area is 119 Å². The van der Waals surface area contributed by atoms with Gasteiger partial charge >= 0.3 is 0 Å². The lowest BCUT2D eigenvalue weighted by atomic mass is 9.95. The summed E-state index contributed by atoms with van der Waals surface area (Å²) in [6, 6.07) is 6.95. The summed E-state index contributed by atoms with van der Waals surface area (Å²) >= 11 is 0. The molecule has 0 aliphatic carbocycles. The van der Waals surface area contributed by atoms with Gasteiger partial charge in [-0.25, -0.2) is 4.39 Å². The van der Waals surface area contributed by atoms with E-state index in [-0.39, 0.29) is 11.9 Å². The molecule has 0 bridgehead atoms. The quantitative estimate of drug-likeness (QED) is 0.930. The lowest BCUT2D eigenvalue weighted by Crippen LogP contribution is -2.21. The van der Waals surface area contributed by atoms with Crippen molar-refractivity contribution < 1.29 is 4.39 Å². The van der Waals surface area contributed by atoms with Gasteiger partial charge < -0.3 is 5.32 Å². The number of nitrogens with one attached hydrogen (secondary N) is 1. The highest BCUT2D eigenvalue weighted by molar-refractivity contribution is 5.37. The summed E-state index contributed by atoms with van der Waals surface area (Å²) in [5.41, 5.74) is 4.42. The van der Waals surface area contributed by atoms with E-state index in [2.05, 4.69) is 15.5 Å². The minimum absolute atomic E-state index is 0.202. The first-order valence-electron chi connectivity index (χ1n) is 6.83. The third-order valence-corrected chi connectivity index (χ3v) is 3.42. The van der Waals surface area contributed by atoms with Crippen LogP contribution >= 0.6 is 0 Å². The van der Waals surface area contributed by atoms with E-state index >= 15 is 0 Å². The monoisotopic (exact) mass is 273 g/mol. The van der Waals surface area contributed by atoms with Crippen molar-refractivity contribution in [2.45, 2.75) is 33.2 Å². The molecule has 1 aromatic heterocycles. The molecule has 2 aromatic rings. The van der Waals surface area contributed by atoms with E-state index in [0.717, 1.165) is 28.9 Å². The summed E-state index contributed by atoms with van der Waals surface area (Å²) in [5.74, 6) is -0.202. The van der Waals surface area contributed by atoms with E-state index in [1.165, 1.54) is 6.07 Å². The second-order valence-electron chi connectivity index (χ2n) is 4.99. The number of aromatic nitrogens is 2. The first-order chi connectivity index (χ1) is 9.56. The molecule has 0 saturated heterocycles. The zero-order valence-corrected chi connectivity index (χ0v) is 12.4. The van der Waals surface area contributed by atoms with Gasteiger partial charge in [0.15, 0.2) is 0 Å². The predicted octanol–water partition coefficient (Wildman–Crippen LogP) is 3.10. The van der Waals surface area contributed by atoms with Crippen LogP contribution in [0.5, 0.6) is 0 Å². The van der Waals surface area contributed by atoms with Gasteiger partial charge in [0, 0.05) is 5.56 Å². The number of rotatable bonds is 4. The fraction of sp³-hybridized carbons (Fsp3) is 0.375. The Kier molecular flexibility index (Phi) is 4.45. The highest BCUT2D eigenvalue weighted by atomic mass is 19.1. The van der Waals surface area contributed by atoms with Gasteiger partial charge in [-0.3, -0.25) is 0 Å². The Morgan fingerprint density at radius 3 is 2.55 bits per heavy atom. The Morgan fingerprint density at radius 1 is 1.15 bits per heavy atom. The SMILES string of the molecule is CCc1nnc(C)cc1C(NC)c1cc(C)ccc1F. The van der Waals surface area contributed by atoms with E-state index in [1.54, 1.807) is 6.07 Å². The smallest absolute Gasteiger partial charge is 0.128 e. The Hall–Kier alpha value is -1.81. The van der Waals surface area contributed by atoms with E-state index in [9.17, 15) is 4.39 Å². The van der Waals surface area contributed by atoms with Crippen LogP contribution in [0.3, 0.4) is 0 Å². The van der Waals surface area contributed by atoms with Crippen molar-refractivity contribution in [3.63, 3.8) is 0 Å². The van der Waals surface area contributed by atoms with Gasteiger partial charge in [0.25, 0.3) is 0 Å². The molecule has 0 aliphatic heterocycles. The number of halogens is 1. The Bertz CT molecular complexity index is 611. The predicted molar refractivity (Wildman–Crippen MR) is 78.2 cm³/mol. The van der Waals surface area contributed by atoms with Crippen LogP contribution in [-0.4, -0.2) is 17.2 Å². The van der Waals surface area contributed by atoms with Crippen molar-refractivity contribution in [2.75, 3.05) is 7.05 Å². The second-order valence-corrected chi connectivity index (χ2v) is 4.99. The molecule has 1 N–H and O–H groups in total. The van der Waals surface area contributed by atoms with Crippen LogP contribution < -0.4 is 5.32 Å². The molecule has 0 saturated carbocycles. The van der Waals surface area contributed by atoms with Crippen LogP contribution in [0, 0.1) is 19.7 Å². The van der Waals surface area contributed by atoms with Crippen molar-refractivity contribution in [1.82, 2.24) is 15.5 Å².